The number of nitrogens with two attached hydrogens (primary N) is 1. The number of nitrogens with zero attached hydrogens (tertiary/aromatic N) is 2. The van der Waals surface area contributed by atoms with E-state index in [1.165, 1.54) is 0 Å². The van der Waals surface area contributed by atoms with Crippen LogP contribution < -0.4 is 5.73 Å². The molecule has 2 aromatic rings. The Labute approximate surface area is 87.1 Å². The first-order valence-corrected chi connectivity index (χ1v) is 4.59. The molecule has 0 unspecified atom stereocenters. The van der Waals surface area contributed by atoms with Crippen LogP contribution in [0.2, 0.25) is 5.02 Å². The molecule has 0 aliphatic rings. The Morgan fingerprint density at radius 3 is 2.43 bits per heavy atom. The number of halogens is 1. The van der Waals surface area contributed by atoms with Crippen molar-refractivity contribution in [1.82, 2.24) is 9.78 Å². The number of aromatic nitrogens is 2. The van der Waals surface area contributed by atoms with E-state index in [-0.39, 0.29) is 0 Å². The lowest BCUT2D eigenvalue weighted by molar-refractivity contribution is 0.776. The molecule has 14 heavy (non-hydrogen) atoms. The smallest absolute Gasteiger partial charge is 0.0865 e. The summed E-state index contributed by atoms with van der Waals surface area (Å²) < 4.78 is 1.74. The van der Waals surface area contributed by atoms with Crippen molar-refractivity contribution >= 4 is 17.3 Å². The lowest BCUT2D eigenvalue weighted by Gasteiger charge is -2.03. The molecule has 0 amide bonds. The quantitative estimate of drug-likeness (QED) is 0.730. The summed E-state index contributed by atoms with van der Waals surface area (Å²) in [5.74, 6) is 0. The molecule has 1 heterocycles. The van der Waals surface area contributed by atoms with Crippen LogP contribution in [0.1, 0.15) is 0 Å². The third-order valence-electron chi connectivity index (χ3n) is 2.08. The zero-order chi connectivity index (χ0) is 10.1. The predicted octanol–water partition coefficient (Wildman–Crippen LogP) is 2.32. The fourth-order valence-corrected chi connectivity index (χ4v) is 1.65. The standard InChI is InChI=1S/C10H10ClN3/c1-14-10(9(11)6-13-14)7-2-4-8(12)5-3-7/h2-6H,12H2,1H3. The van der Waals surface area contributed by atoms with Gasteiger partial charge in [-0.2, -0.15) is 5.10 Å². The van der Waals surface area contributed by atoms with Gasteiger partial charge in [0.15, 0.2) is 0 Å². The molecule has 0 radical (unpaired) electrons. The van der Waals surface area contributed by atoms with Crippen LogP contribution in [0, 0.1) is 0 Å². The second kappa shape index (κ2) is 3.35. The molecule has 3 nitrogen and oxygen atoms in total. The Balaban J connectivity index is 2.54. The van der Waals surface area contributed by atoms with Crippen LogP contribution in [0.25, 0.3) is 11.3 Å². The minimum atomic E-state index is 0.650. The van der Waals surface area contributed by atoms with Gasteiger partial charge in [0, 0.05) is 18.3 Å². The lowest BCUT2D eigenvalue weighted by atomic mass is 10.1. The van der Waals surface area contributed by atoms with Crippen molar-refractivity contribution in [2.75, 3.05) is 5.73 Å². The molecule has 4 heteroatoms. The number of aryl methyl sites for hydroxylation is 1. The van der Waals surface area contributed by atoms with Gasteiger partial charge < -0.3 is 5.73 Å². The first-order chi connectivity index (χ1) is 6.68. The largest absolute Gasteiger partial charge is 0.399 e. The predicted molar refractivity (Wildman–Crippen MR) is 58.1 cm³/mol. The number of hydrogen-bond donors (Lipinski definition) is 1. The first-order valence-electron chi connectivity index (χ1n) is 4.22. The van der Waals surface area contributed by atoms with E-state index in [0.29, 0.717) is 5.02 Å². The van der Waals surface area contributed by atoms with E-state index in [9.17, 15) is 0 Å². The topological polar surface area (TPSA) is 43.8 Å². The molecule has 0 saturated heterocycles. The van der Waals surface area contributed by atoms with Crippen molar-refractivity contribution in [3.63, 3.8) is 0 Å². The Hall–Kier alpha value is -1.48. The van der Waals surface area contributed by atoms with Gasteiger partial charge in [-0.3, -0.25) is 4.68 Å². The van der Waals surface area contributed by atoms with Gasteiger partial charge in [0.25, 0.3) is 0 Å². The highest BCUT2D eigenvalue weighted by molar-refractivity contribution is 6.33. The molecule has 0 fully saturated rings. The number of benzene rings is 1. The van der Waals surface area contributed by atoms with Gasteiger partial charge in [-0.05, 0) is 12.1 Å². The van der Waals surface area contributed by atoms with Crippen LogP contribution in [0.4, 0.5) is 5.69 Å². The highest BCUT2D eigenvalue weighted by atomic mass is 35.5. The molecular formula is C10H10ClN3. The van der Waals surface area contributed by atoms with Gasteiger partial charge >= 0.3 is 0 Å². The number of rotatable bonds is 1. The molecule has 1 aromatic heterocycles. The highest BCUT2D eigenvalue weighted by Gasteiger charge is 2.07. The summed E-state index contributed by atoms with van der Waals surface area (Å²) in [6, 6.07) is 7.55. The van der Waals surface area contributed by atoms with Crippen LogP contribution >= 0.6 is 11.6 Å². The van der Waals surface area contributed by atoms with E-state index in [4.69, 9.17) is 17.3 Å². The van der Waals surface area contributed by atoms with E-state index >= 15 is 0 Å². The third-order valence-corrected chi connectivity index (χ3v) is 2.35. The molecule has 0 spiro atoms. The zero-order valence-corrected chi connectivity index (χ0v) is 8.49. The number of anilines is 1. The Bertz CT molecular complexity index is 425. The maximum atomic E-state index is 6.00. The monoisotopic (exact) mass is 207 g/mol. The van der Waals surface area contributed by atoms with Gasteiger partial charge in [0.2, 0.25) is 0 Å². The van der Waals surface area contributed by atoms with Crippen LogP contribution in [-0.4, -0.2) is 9.78 Å². The highest BCUT2D eigenvalue weighted by Crippen LogP contribution is 2.27. The number of nitrogen functional groups attached to an aromatic ring is 1. The SMILES string of the molecule is Cn1ncc(Cl)c1-c1ccc(N)cc1. The molecule has 0 atom stereocenters. The summed E-state index contributed by atoms with van der Waals surface area (Å²) in [7, 11) is 1.86. The normalized spacial score (nSPS) is 10.4. The first kappa shape index (κ1) is 9.09. The molecule has 0 aliphatic carbocycles. The molecule has 72 valence electrons. The zero-order valence-electron chi connectivity index (χ0n) is 7.74. The van der Waals surface area contributed by atoms with Crippen molar-refractivity contribution < 1.29 is 0 Å². The van der Waals surface area contributed by atoms with Crippen molar-refractivity contribution in [3.05, 3.63) is 35.5 Å². The van der Waals surface area contributed by atoms with Gasteiger partial charge in [0.1, 0.15) is 0 Å². The molecule has 0 aliphatic heterocycles. The molecule has 2 rings (SSSR count). The van der Waals surface area contributed by atoms with Crippen LogP contribution in [0.5, 0.6) is 0 Å². The summed E-state index contributed by atoms with van der Waals surface area (Å²) in [6.45, 7) is 0. The van der Waals surface area contributed by atoms with Gasteiger partial charge in [-0.1, -0.05) is 23.7 Å². The minimum Gasteiger partial charge on any atom is -0.399 e. The van der Waals surface area contributed by atoms with Crippen molar-refractivity contribution in [2.24, 2.45) is 7.05 Å². The van der Waals surface area contributed by atoms with Crippen molar-refractivity contribution in [2.45, 2.75) is 0 Å². The molecular weight excluding hydrogens is 198 g/mol. The Morgan fingerprint density at radius 2 is 1.93 bits per heavy atom. The maximum absolute atomic E-state index is 6.00. The van der Waals surface area contributed by atoms with Gasteiger partial charge in [-0.15, -0.1) is 0 Å². The fourth-order valence-electron chi connectivity index (χ4n) is 1.38. The van der Waals surface area contributed by atoms with Crippen molar-refractivity contribution in [3.8, 4) is 11.3 Å². The Kier molecular flexibility index (Phi) is 2.17. The second-order valence-corrected chi connectivity index (χ2v) is 3.49. The van der Waals surface area contributed by atoms with Crippen LogP contribution in [-0.2, 0) is 7.05 Å². The van der Waals surface area contributed by atoms with Crippen molar-refractivity contribution in [1.29, 1.82) is 0 Å². The maximum Gasteiger partial charge on any atom is 0.0865 e. The van der Waals surface area contributed by atoms with Gasteiger partial charge in [-0.25, -0.2) is 0 Å². The summed E-state index contributed by atoms with van der Waals surface area (Å²) in [6.07, 6.45) is 1.63. The lowest BCUT2D eigenvalue weighted by Crippen LogP contribution is -1.93. The summed E-state index contributed by atoms with van der Waals surface area (Å²) in [5.41, 5.74) is 8.27. The Morgan fingerprint density at radius 1 is 1.29 bits per heavy atom. The van der Waals surface area contributed by atoms with Crippen LogP contribution in [0.3, 0.4) is 0 Å². The van der Waals surface area contributed by atoms with E-state index in [0.717, 1.165) is 16.9 Å². The average Bonchev–Trinajstić information content (AvgIpc) is 2.49. The molecule has 1 aromatic carbocycles. The van der Waals surface area contributed by atoms with E-state index in [2.05, 4.69) is 5.10 Å². The second-order valence-electron chi connectivity index (χ2n) is 3.09. The van der Waals surface area contributed by atoms with Gasteiger partial charge in [0.05, 0.1) is 16.9 Å². The average molecular weight is 208 g/mol. The summed E-state index contributed by atoms with van der Waals surface area (Å²) >= 11 is 6.00. The molecule has 0 bridgehead atoms. The van der Waals surface area contributed by atoms with E-state index in [1.807, 2.05) is 31.3 Å². The van der Waals surface area contributed by atoms with E-state index < -0.39 is 0 Å². The number of hydrogen-bond acceptors (Lipinski definition) is 2. The summed E-state index contributed by atoms with van der Waals surface area (Å²) in [4.78, 5) is 0. The van der Waals surface area contributed by atoms with Crippen LogP contribution in [0.15, 0.2) is 30.5 Å². The third kappa shape index (κ3) is 1.46. The molecule has 2 N–H and O–H groups in total. The minimum absolute atomic E-state index is 0.650. The van der Waals surface area contributed by atoms with E-state index in [1.54, 1.807) is 10.9 Å². The fraction of sp³-hybridized carbons (Fsp3) is 0.100. The molecule has 0 saturated carbocycles. The summed E-state index contributed by atoms with van der Waals surface area (Å²) in [5, 5.41) is 4.72.